The Kier molecular flexibility index (Phi) is 6.57. The zero-order valence-electron chi connectivity index (χ0n) is 18.3. The second kappa shape index (κ2) is 8.88. The molecule has 3 aromatic carbocycles. The minimum absolute atomic E-state index is 0.0513. The van der Waals surface area contributed by atoms with E-state index in [1.807, 2.05) is 31.2 Å². The van der Waals surface area contributed by atoms with Crippen molar-refractivity contribution in [2.24, 2.45) is 0 Å². The Labute approximate surface area is 189 Å². The van der Waals surface area contributed by atoms with Crippen LogP contribution in [-0.4, -0.2) is 35.3 Å². The van der Waals surface area contributed by atoms with Gasteiger partial charge in [0, 0.05) is 24.6 Å². The fraction of sp³-hybridized carbons (Fsp3) is 0.208. The number of amides is 1. The lowest BCUT2D eigenvalue weighted by Gasteiger charge is -2.11. The van der Waals surface area contributed by atoms with Crippen molar-refractivity contribution in [3.63, 3.8) is 0 Å². The van der Waals surface area contributed by atoms with Gasteiger partial charge in [0.25, 0.3) is 5.91 Å². The molecule has 0 heterocycles. The van der Waals surface area contributed by atoms with Crippen LogP contribution in [-0.2, 0) is 26.2 Å². The third kappa shape index (κ3) is 5.63. The van der Waals surface area contributed by atoms with Gasteiger partial charge in [-0.25, -0.2) is 16.8 Å². The van der Waals surface area contributed by atoms with E-state index in [0.29, 0.717) is 16.7 Å². The normalized spacial score (nSPS) is 11.9. The lowest BCUT2D eigenvalue weighted by molar-refractivity contribution is 0.0950. The molecule has 3 aromatic rings. The molecule has 1 amide bonds. The van der Waals surface area contributed by atoms with Crippen molar-refractivity contribution in [3.8, 4) is 11.1 Å². The lowest BCUT2D eigenvalue weighted by atomic mass is 10.0. The molecule has 0 fully saturated rings. The molecule has 0 spiro atoms. The van der Waals surface area contributed by atoms with Gasteiger partial charge in [0.05, 0.1) is 9.79 Å². The van der Waals surface area contributed by atoms with Crippen LogP contribution >= 0.6 is 0 Å². The van der Waals surface area contributed by atoms with E-state index in [0.717, 1.165) is 23.6 Å². The van der Waals surface area contributed by atoms with Gasteiger partial charge in [-0.3, -0.25) is 4.79 Å². The molecular weight excluding hydrogens is 446 g/mol. The lowest BCUT2D eigenvalue weighted by Crippen LogP contribution is -2.23. The van der Waals surface area contributed by atoms with Gasteiger partial charge in [0.2, 0.25) is 0 Å². The van der Waals surface area contributed by atoms with E-state index in [4.69, 9.17) is 0 Å². The number of carbonyl (C=O) groups is 1. The molecule has 1 N–H and O–H groups in total. The molecule has 0 aliphatic carbocycles. The molecule has 32 heavy (non-hydrogen) atoms. The number of hydrogen-bond donors (Lipinski definition) is 1. The topological polar surface area (TPSA) is 97.4 Å². The Morgan fingerprint density at radius 2 is 1.44 bits per heavy atom. The molecular formula is C24H25NO5S2. The minimum Gasteiger partial charge on any atom is -0.348 e. The molecule has 6 nitrogen and oxygen atoms in total. The Morgan fingerprint density at radius 3 is 2.03 bits per heavy atom. The minimum atomic E-state index is -3.54. The molecule has 0 saturated carbocycles. The molecule has 168 valence electrons. The van der Waals surface area contributed by atoms with Crippen LogP contribution in [0, 0.1) is 13.8 Å². The maximum absolute atomic E-state index is 12.9. The number of benzene rings is 3. The largest absolute Gasteiger partial charge is 0.348 e. The fourth-order valence-electron chi connectivity index (χ4n) is 3.30. The van der Waals surface area contributed by atoms with E-state index in [1.165, 1.54) is 12.1 Å². The maximum atomic E-state index is 12.9. The highest BCUT2D eigenvalue weighted by molar-refractivity contribution is 7.91. The van der Waals surface area contributed by atoms with E-state index < -0.39 is 25.6 Å². The Hall–Kier alpha value is -2.97. The summed E-state index contributed by atoms with van der Waals surface area (Å²) in [6.45, 7) is 3.77. The summed E-state index contributed by atoms with van der Waals surface area (Å²) < 4.78 is 48.3. The van der Waals surface area contributed by atoms with Crippen LogP contribution in [0.25, 0.3) is 11.1 Å². The van der Waals surface area contributed by atoms with Crippen molar-refractivity contribution in [1.29, 1.82) is 0 Å². The second-order valence-electron chi connectivity index (χ2n) is 7.94. The summed E-state index contributed by atoms with van der Waals surface area (Å²) >= 11 is 0. The predicted octanol–water partition coefficient (Wildman–Crippen LogP) is 3.71. The van der Waals surface area contributed by atoms with Crippen molar-refractivity contribution in [1.82, 2.24) is 5.32 Å². The van der Waals surface area contributed by atoms with E-state index in [2.05, 4.69) is 5.32 Å². The number of carbonyl (C=O) groups excluding carboxylic acids is 1. The summed E-state index contributed by atoms with van der Waals surface area (Å²) in [6, 6.07) is 17.1. The van der Waals surface area contributed by atoms with Crippen LogP contribution in [0.1, 0.15) is 27.0 Å². The summed E-state index contributed by atoms with van der Waals surface area (Å²) in [6.07, 6.45) is 2.24. The average Bonchev–Trinajstić information content (AvgIpc) is 2.71. The van der Waals surface area contributed by atoms with Gasteiger partial charge in [0.1, 0.15) is 0 Å². The van der Waals surface area contributed by atoms with Crippen LogP contribution in [0.5, 0.6) is 0 Å². The smallest absolute Gasteiger partial charge is 0.251 e. The van der Waals surface area contributed by atoms with Gasteiger partial charge in [-0.15, -0.1) is 0 Å². The SMILES string of the molecule is Cc1ccc(-c2cc(C(=O)NCc3ccc(C)c(S(C)(=O)=O)c3)cc(S(C)(=O)=O)c2)cc1. The number of sulfone groups is 2. The van der Waals surface area contributed by atoms with E-state index in [-0.39, 0.29) is 21.9 Å². The van der Waals surface area contributed by atoms with Gasteiger partial charge in [-0.1, -0.05) is 42.0 Å². The van der Waals surface area contributed by atoms with Crippen LogP contribution in [0.4, 0.5) is 0 Å². The van der Waals surface area contributed by atoms with Crippen molar-refractivity contribution in [3.05, 3.63) is 82.9 Å². The third-order valence-electron chi connectivity index (χ3n) is 5.09. The van der Waals surface area contributed by atoms with Crippen molar-refractivity contribution in [2.75, 3.05) is 12.5 Å². The fourth-order valence-corrected chi connectivity index (χ4v) is 5.00. The highest BCUT2D eigenvalue weighted by Gasteiger charge is 2.16. The molecule has 0 saturated heterocycles. The Bertz CT molecular complexity index is 1390. The first kappa shape index (κ1) is 23.7. The summed E-state index contributed by atoms with van der Waals surface area (Å²) in [5, 5.41) is 2.75. The first-order chi connectivity index (χ1) is 14.8. The Morgan fingerprint density at radius 1 is 0.781 bits per heavy atom. The first-order valence-electron chi connectivity index (χ1n) is 9.84. The predicted molar refractivity (Wildman–Crippen MR) is 125 cm³/mol. The van der Waals surface area contributed by atoms with Gasteiger partial charge < -0.3 is 5.32 Å². The quantitative estimate of drug-likeness (QED) is 0.591. The zero-order valence-corrected chi connectivity index (χ0v) is 20.0. The van der Waals surface area contributed by atoms with Gasteiger partial charge >= 0.3 is 0 Å². The summed E-state index contributed by atoms with van der Waals surface area (Å²) in [5.74, 6) is -0.453. The van der Waals surface area contributed by atoms with E-state index in [1.54, 1.807) is 31.2 Å². The number of nitrogens with one attached hydrogen (secondary N) is 1. The molecule has 8 heteroatoms. The van der Waals surface area contributed by atoms with Crippen molar-refractivity contribution >= 4 is 25.6 Å². The number of rotatable bonds is 6. The highest BCUT2D eigenvalue weighted by Crippen LogP contribution is 2.25. The number of hydrogen-bond acceptors (Lipinski definition) is 5. The molecule has 0 unspecified atom stereocenters. The summed E-state index contributed by atoms with van der Waals surface area (Å²) in [4.78, 5) is 13.1. The Balaban J connectivity index is 1.92. The van der Waals surface area contributed by atoms with Crippen molar-refractivity contribution in [2.45, 2.75) is 30.2 Å². The average molecular weight is 472 g/mol. The molecule has 3 rings (SSSR count). The molecule has 0 aliphatic rings. The van der Waals surface area contributed by atoms with Crippen LogP contribution in [0.3, 0.4) is 0 Å². The van der Waals surface area contributed by atoms with Crippen molar-refractivity contribution < 1.29 is 21.6 Å². The van der Waals surface area contributed by atoms with Crippen LogP contribution < -0.4 is 5.32 Å². The summed E-state index contributed by atoms with van der Waals surface area (Å²) in [7, 11) is -6.93. The van der Waals surface area contributed by atoms with Crippen LogP contribution in [0.2, 0.25) is 0 Å². The molecule has 0 aromatic heterocycles. The first-order valence-corrected chi connectivity index (χ1v) is 13.6. The molecule has 0 aliphatic heterocycles. The highest BCUT2D eigenvalue weighted by atomic mass is 32.2. The maximum Gasteiger partial charge on any atom is 0.251 e. The molecule has 0 atom stereocenters. The molecule has 0 radical (unpaired) electrons. The monoisotopic (exact) mass is 471 g/mol. The second-order valence-corrected chi connectivity index (χ2v) is 11.9. The standard InChI is InChI=1S/C24H25NO5S2/c1-16-5-9-19(10-6-16)20-12-21(14-22(13-20)31(3,27)28)24(26)25-15-18-8-7-17(2)23(11-18)32(4,29)30/h5-14H,15H2,1-4H3,(H,25,26). The zero-order chi connectivity index (χ0) is 23.7. The van der Waals surface area contributed by atoms with Gasteiger partial charge in [-0.05, 0) is 60.4 Å². The number of aryl methyl sites for hydroxylation is 2. The van der Waals surface area contributed by atoms with Gasteiger partial charge in [-0.2, -0.15) is 0 Å². The third-order valence-corrected chi connectivity index (χ3v) is 7.42. The molecule has 0 bridgehead atoms. The van der Waals surface area contributed by atoms with E-state index >= 15 is 0 Å². The van der Waals surface area contributed by atoms with Gasteiger partial charge in [0.15, 0.2) is 19.7 Å². The van der Waals surface area contributed by atoms with Crippen LogP contribution in [0.15, 0.2) is 70.5 Å². The van der Waals surface area contributed by atoms with E-state index in [9.17, 15) is 21.6 Å². The summed E-state index contributed by atoms with van der Waals surface area (Å²) in [5.41, 5.74) is 3.95.